The van der Waals surface area contributed by atoms with Crippen molar-refractivity contribution in [3.05, 3.63) is 53.7 Å². The van der Waals surface area contributed by atoms with Gasteiger partial charge < -0.3 is 19.3 Å². The fourth-order valence-electron chi connectivity index (χ4n) is 4.88. The fraction of sp³-hybridized carbons (Fsp3) is 0.516. The zero-order valence-electron chi connectivity index (χ0n) is 26.2. The van der Waals surface area contributed by atoms with E-state index in [0.29, 0.717) is 55.1 Å². The highest BCUT2D eigenvalue weighted by molar-refractivity contribution is 7.90. The van der Waals surface area contributed by atoms with Gasteiger partial charge in [-0.3, -0.25) is 9.69 Å². The summed E-state index contributed by atoms with van der Waals surface area (Å²) in [5.74, 6) is 0.683. The standard InChI is InChI=1S/C31H43N5O6S/c1-22-8-11-26(12-9-22)43(39,40)36-29-13-10-25(41-24-14-16-35(17-15-24)23(2)37)20-27(29)28(32-36)21-33(6)18-19-34(7)30(38)42-31(3,4)5/h8-13,20,24H,14-19,21H2,1-7H3. The van der Waals surface area contributed by atoms with Crippen LogP contribution in [0.1, 0.15) is 51.8 Å². The molecule has 2 amide bonds. The lowest BCUT2D eigenvalue weighted by molar-refractivity contribution is -0.130. The highest BCUT2D eigenvalue weighted by Crippen LogP contribution is 2.29. The summed E-state index contributed by atoms with van der Waals surface area (Å²) in [6, 6.07) is 12.0. The number of carbonyl (C=O) groups is 2. The molecule has 4 rings (SSSR count). The molecule has 0 aliphatic carbocycles. The van der Waals surface area contributed by atoms with Crippen molar-refractivity contribution < 1.29 is 27.5 Å². The minimum absolute atomic E-state index is 0.0473. The first-order chi connectivity index (χ1) is 20.1. The van der Waals surface area contributed by atoms with E-state index in [1.54, 1.807) is 50.4 Å². The lowest BCUT2D eigenvalue weighted by Gasteiger charge is -2.31. The molecule has 0 atom stereocenters. The average Bonchev–Trinajstić information content (AvgIpc) is 3.29. The molecule has 2 heterocycles. The lowest BCUT2D eigenvalue weighted by Crippen LogP contribution is -2.40. The summed E-state index contributed by atoms with van der Waals surface area (Å²) in [4.78, 5) is 29.6. The van der Waals surface area contributed by atoms with Crippen LogP contribution in [0.25, 0.3) is 10.9 Å². The summed E-state index contributed by atoms with van der Waals surface area (Å²) in [5, 5.41) is 5.28. The van der Waals surface area contributed by atoms with Crippen LogP contribution in [-0.4, -0.2) is 96.3 Å². The largest absolute Gasteiger partial charge is 0.490 e. The molecule has 1 aliphatic rings. The second kappa shape index (κ2) is 12.9. The van der Waals surface area contributed by atoms with Gasteiger partial charge in [0.15, 0.2) is 0 Å². The number of rotatable bonds is 9. The fourth-order valence-corrected chi connectivity index (χ4v) is 6.19. The molecule has 2 aromatic carbocycles. The van der Waals surface area contributed by atoms with Gasteiger partial charge in [0.25, 0.3) is 10.0 Å². The van der Waals surface area contributed by atoms with Crippen molar-refractivity contribution in [2.45, 2.75) is 70.6 Å². The summed E-state index contributed by atoms with van der Waals surface area (Å²) >= 11 is 0. The topological polar surface area (TPSA) is 114 Å². The molecular formula is C31H43N5O6S. The summed E-state index contributed by atoms with van der Waals surface area (Å²) in [6.07, 6.45) is 0.989. The molecule has 0 spiro atoms. The maximum absolute atomic E-state index is 13.7. The Bertz CT molecular complexity index is 1550. The Morgan fingerprint density at radius 2 is 1.67 bits per heavy atom. The number of ether oxygens (including phenoxy) is 2. The number of aromatic nitrogens is 2. The maximum Gasteiger partial charge on any atom is 0.410 e. The SMILES string of the molecule is CC(=O)N1CCC(Oc2ccc3c(c2)c(CN(C)CCN(C)C(=O)OC(C)(C)C)nn3S(=O)(=O)c2ccc(C)cc2)CC1. The van der Waals surface area contributed by atoms with Crippen LogP contribution in [0, 0.1) is 6.92 Å². The number of amides is 2. The van der Waals surface area contributed by atoms with E-state index < -0.39 is 21.7 Å². The van der Waals surface area contributed by atoms with Crippen LogP contribution in [-0.2, 0) is 26.1 Å². The van der Waals surface area contributed by atoms with Crippen LogP contribution in [0.4, 0.5) is 4.79 Å². The lowest BCUT2D eigenvalue weighted by atomic mass is 10.1. The second-order valence-corrected chi connectivity index (χ2v) is 14.0. The molecule has 43 heavy (non-hydrogen) atoms. The first kappa shape index (κ1) is 32.3. The number of benzene rings is 2. The Morgan fingerprint density at radius 3 is 2.28 bits per heavy atom. The van der Waals surface area contributed by atoms with Crippen LogP contribution in [0.15, 0.2) is 47.4 Å². The smallest absolute Gasteiger partial charge is 0.410 e. The van der Waals surface area contributed by atoms with E-state index in [9.17, 15) is 18.0 Å². The third-order valence-electron chi connectivity index (χ3n) is 7.38. The number of nitrogens with zero attached hydrogens (tertiary/aromatic N) is 5. The third-order valence-corrected chi connectivity index (χ3v) is 8.98. The van der Waals surface area contributed by atoms with Gasteiger partial charge in [0.05, 0.1) is 16.1 Å². The molecule has 1 fully saturated rings. The Kier molecular flexibility index (Phi) is 9.70. The number of carbonyl (C=O) groups excluding carboxylic acids is 2. The third kappa shape index (κ3) is 8.05. The molecule has 0 unspecified atom stereocenters. The zero-order chi connectivity index (χ0) is 31.5. The minimum Gasteiger partial charge on any atom is -0.490 e. The molecule has 234 valence electrons. The van der Waals surface area contributed by atoms with Crippen molar-refractivity contribution in [1.29, 1.82) is 0 Å². The van der Waals surface area contributed by atoms with Crippen molar-refractivity contribution in [2.75, 3.05) is 40.3 Å². The van der Waals surface area contributed by atoms with Gasteiger partial charge >= 0.3 is 6.09 Å². The quantitative estimate of drug-likeness (QED) is 0.352. The van der Waals surface area contributed by atoms with Crippen LogP contribution in [0.2, 0.25) is 0 Å². The zero-order valence-corrected chi connectivity index (χ0v) is 27.0. The van der Waals surface area contributed by atoms with Crippen LogP contribution in [0.5, 0.6) is 5.75 Å². The highest BCUT2D eigenvalue weighted by Gasteiger charge is 2.26. The van der Waals surface area contributed by atoms with Gasteiger partial charge in [0.1, 0.15) is 17.5 Å². The highest BCUT2D eigenvalue weighted by atomic mass is 32.2. The number of aryl methyl sites for hydroxylation is 1. The van der Waals surface area contributed by atoms with E-state index in [0.717, 1.165) is 22.5 Å². The Morgan fingerprint density at radius 1 is 1.02 bits per heavy atom. The number of likely N-dealkylation sites (tertiary alicyclic amines) is 1. The van der Waals surface area contributed by atoms with Gasteiger partial charge in [-0.1, -0.05) is 17.7 Å². The molecule has 12 heteroatoms. The van der Waals surface area contributed by atoms with Gasteiger partial charge in [-0.2, -0.15) is 17.6 Å². The van der Waals surface area contributed by atoms with Crippen molar-refractivity contribution in [3.63, 3.8) is 0 Å². The number of hydrogen-bond acceptors (Lipinski definition) is 8. The number of piperidine rings is 1. The van der Waals surface area contributed by atoms with Gasteiger partial charge in [-0.15, -0.1) is 0 Å². The van der Waals surface area contributed by atoms with E-state index >= 15 is 0 Å². The van der Waals surface area contributed by atoms with Crippen molar-refractivity contribution in [3.8, 4) is 5.75 Å². The summed E-state index contributed by atoms with van der Waals surface area (Å²) in [6.45, 7) is 11.5. The Balaban J connectivity index is 1.59. The minimum atomic E-state index is -3.97. The second-order valence-electron chi connectivity index (χ2n) is 12.2. The molecule has 1 saturated heterocycles. The normalized spacial score (nSPS) is 14.7. The van der Waals surface area contributed by atoms with Crippen molar-refractivity contribution in [1.82, 2.24) is 23.9 Å². The molecule has 1 aromatic heterocycles. The van der Waals surface area contributed by atoms with Gasteiger partial charge in [-0.25, -0.2) is 4.79 Å². The molecule has 0 saturated carbocycles. The van der Waals surface area contributed by atoms with Crippen molar-refractivity contribution in [2.24, 2.45) is 0 Å². The van der Waals surface area contributed by atoms with Gasteiger partial charge in [-0.05, 0) is 65.1 Å². The molecule has 3 aromatic rings. The monoisotopic (exact) mass is 613 g/mol. The Labute approximate surface area is 254 Å². The molecule has 0 bridgehead atoms. The van der Waals surface area contributed by atoms with E-state index in [1.165, 1.54) is 4.90 Å². The summed E-state index contributed by atoms with van der Waals surface area (Å²) in [7, 11) is -0.387. The number of hydrogen-bond donors (Lipinski definition) is 0. The van der Waals surface area contributed by atoms with Crippen LogP contribution in [0.3, 0.4) is 0 Å². The van der Waals surface area contributed by atoms with Crippen LogP contribution < -0.4 is 4.74 Å². The first-order valence-electron chi connectivity index (χ1n) is 14.5. The molecule has 1 aliphatic heterocycles. The van der Waals surface area contributed by atoms with Gasteiger partial charge in [0, 0.05) is 64.9 Å². The predicted molar refractivity (Wildman–Crippen MR) is 165 cm³/mol. The molecule has 0 N–H and O–H groups in total. The maximum atomic E-state index is 13.7. The van der Waals surface area contributed by atoms with Crippen molar-refractivity contribution >= 4 is 32.9 Å². The molecule has 11 nitrogen and oxygen atoms in total. The van der Waals surface area contributed by atoms with E-state index in [1.807, 2.05) is 50.6 Å². The summed E-state index contributed by atoms with van der Waals surface area (Å²) < 4.78 is 40.3. The van der Waals surface area contributed by atoms with E-state index in [4.69, 9.17) is 9.47 Å². The molecular weight excluding hydrogens is 570 g/mol. The Hall–Kier alpha value is -3.64. The van der Waals surface area contributed by atoms with Crippen LogP contribution >= 0.6 is 0 Å². The van der Waals surface area contributed by atoms with E-state index in [2.05, 4.69) is 5.10 Å². The van der Waals surface area contributed by atoms with Gasteiger partial charge in [0.2, 0.25) is 5.91 Å². The molecule has 0 radical (unpaired) electrons. The number of fused-ring (bicyclic) bond motifs is 1. The predicted octanol–water partition coefficient (Wildman–Crippen LogP) is 4.27. The van der Waals surface area contributed by atoms with E-state index in [-0.39, 0.29) is 16.9 Å². The first-order valence-corrected chi connectivity index (χ1v) is 16.0. The average molecular weight is 614 g/mol. The summed E-state index contributed by atoms with van der Waals surface area (Å²) in [5.41, 5.74) is 1.40. The number of likely N-dealkylation sites (N-methyl/N-ethyl adjacent to an activating group) is 2.